The molecule has 0 unspecified atom stereocenters. The predicted molar refractivity (Wildman–Crippen MR) is 93.4 cm³/mol. The van der Waals surface area contributed by atoms with E-state index in [0.29, 0.717) is 10.7 Å². The molecule has 1 aliphatic heterocycles. The summed E-state index contributed by atoms with van der Waals surface area (Å²) in [4.78, 5) is 14.7. The third-order valence-corrected chi connectivity index (χ3v) is 4.54. The smallest absolute Gasteiger partial charge is 0.271 e. The zero-order valence-electron chi connectivity index (χ0n) is 12.0. The number of benzene rings is 2. The molecule has 23 heavy (non-hydrogen) atoms. The molecule has 1 saturated heterocycles. The summed E-state index contributed by atoms with van der Waals surface area (Å²) in [6, 6.07) is 17.2. The lowest BCUT2D eigenvalue weighted by Gasteiger charge is -2.16. The van der Waals surface area contributed by atoms with Crippen molar-refractivity contribution < 1.29 is 9.21 Å². The predicted octanol–water partition coefficient (Wildman–Crippen LogP) is 4.49. The third kappa shape index (κ3) is 2.35. The largest absolute Gasteiger partial charge is 0.465 e. The Kier molecular flexibility index (Phi) is 3.28. The highest BCUT2D eigenvalue weighted by Gasteiger charge is 2.34. The number of hydrogen-bond acceptors (Lipinski definition) is 4. The number of amidine groups is 1. The van der Waals surface area contributed by atoms with Crippen molar-refractivity contribution in [1.29, 1.82) is 5.41 Å². The van der Waals surface area contributed by atoms with E-state index in [0.717, 1.165) is 28.2 Å². The first-order valence-corrected chi connectivity index (χ1v) is 7.89. The molecule has 0 saturated carbocycles. The fourth-order valence-corrected chi connectivity index (χ4v) is 3.45. The van der Waals surface area contributed by atoms with Crippen LogP contribution in [0.4, 0.5) is 5.69 Å². The van der Waals surface area contributed by atoms with Gasteiger partial charge < -0.3 is 4.42 Å². The van der Waals surface area contributed by atoms with Gasteiger partial charge in [-0.15, -0.1) is 0 Å². The van der Waals surface area contributed by atoms with Gasteiger partial charge in [0.15, 0.2) is 5.17 Å². The molecule has 1 aliphatic rings. The lowest BCUT2D eigenvalue weighted by Crippen LogP contribution is -2.28. The molecular weight excluding hydrogens is 308 g/mol. The highest BCUT2D eigenvalue weighted by Crippen LogP contribution is 2.38. The molecule has 4 rings (SSSR count). The maximum atomic E-state index is 12.7. The average Bonchev–Trinajstić information content (AvgIpc) is 3.16. The maximum Gasteiger partial charge on any atom is 0.271 e. The van der Waals surface area contributed by atoms with E-state index in [2.05, 4.69) is 0 Å². The van der Waals surface area contributed by atoms with Crippen LogP contribution in [0.15, 0.2) is 70.2 Å². The molecule has 2 aromatic carbocycles. The van der Waals surface area contributed by atoms with E-state index in [1.54, 1.807) is 24.5 Å². The summed E-state index contributed by atoms with van der Waals surface area (Å²) in [5.74, 6) is 0.404. The van der Waals surface area contributed by atoms with Gasteiger partial charge in [-0.2, -0.15) is 0 Å². The first-order valence-electron chi connectivity index (χ1n) is 7.08. The topological polar surface area (TPSA) is 57.3 Å². The molecule has 1 amide bonds. The Morgan fingerprint density at radius 1 is 1.04 bits per heavy atom. The number of thioether (sulfide) groups is 1. The number of nitrogens with one attached hydrogen (secondary N) is 1. The van der Waals surface area contributed by atoms with Crippen molar-refractivity contribution in [2.24, 2.45) is 0 Å². The second kappa shape index (κ2) is 5.44. The summed E-state index contributed by atoms with van der Waals surface area (Å²) in [5, 5.41) is 10.4. The minimum Gasteiger partial charge on any atom is -0.465 e. The van der Waals surface area contributed by atoms with Gasteiger partial charge in [0, 0.05) is 11.5 Å². The normalized spacial score (nSPS) is 16.7. The lowest BCUT2D eigenvalue weighted by atomic mass is 10.1. The van der Waals surface area contributed by atoms with Gasteiger partial charge in [0.2, 0.25) is 0 Å². The summed E-state index contributed by atoms with van der Waals surface area (Å²) in [7, 11) is 0. The summed E-state index contributed by atoms with van der Waals surface area (Å²) >= 11 is 1.14. The van der Waals surface area contributed by atoms with Crippen LogP contribution < -0.4 is 4.90 Å². The number of anilines is 1. The number of carbonyl (C=O) groups is 1. The molecule has 3 aromatic rings. The van der Waals surface area contributed by atoms with Gasteiger partial charge in [-0.1, -0.05) is 36.4 Å². The van der Waals surface area contributed by atoms with E-state index < -0.39 is 0 Å². The SMILES string of the molecule is N=C1S/C(=C\c2ccco2)C(=O)N1c1cccc2ccccc12. The van der Waals surface area contributed by atoms with E-state index >= 15 is 0 Å². The summed E-state index contributed by atoms with van der Waals surface area (Å²) in [6.45, 7) is 0. The van der Waals surface area contributed by atoms with Crippen molar-refractivity contribution in [3.05, 3.63) is 71.5 Å². The number of nitrogens with zero attached hydrogens (tertiary/aromatic N) is 1. The van der Waals surface area contributed by atoms with Gasteiger partial charge in [0.05, 0.1) is 16.9 Å². The standard InChI is InChI=1S/C18H12N2O2S/c19-18-20(15-9-3-6-12-5-1-2-8-14(12)15)17(21)16(23-18)11-13-7-4-10-22-13/h1-11,19H/b16-11-,19-18?. The number of hydrogen-bond donors (Lipinski definition) is 1. The molecule has 0 spiro atoms. The number of amides is 1. The molecule has 0 radical (unpaired) electrons. The third-order valence-electron chi connectivity index (χ3n) is 3.65. The van der Waals surface area contributed by atoms with Crippen molar-refractivity contribution in [2.45, 2.75) is 0 Å². The molecule has 1 fully saturated rings. The molecule has 1 N–H and O–H groups in total. The van der Waals surface area contributed by atoms with Crippen molar-refractivity contribution in [2.75, 3.05) is 4.90 Å². The van der Waals surface area contributed by atoms with Crippen LogP contribution in [0.1, 0.15) is 5.76 Å². The molecule has 112 valence electrons. The Hall–Kier alpha value is -2.79. The molecule has 2 heterocycles. The van der Waals surface area contributed by atoms with Crippen LogP contribution in [0.3, 0.4) is 0 Å². The molecule has 1 aromatic heterocycles. The van der Waals surface area contributed by atoms with Crippen LogP contribution in [-0.4, -0.2) is 11.1 Å². The van der Waals surface area contributed by atoms with E-state index in [1.165, 1.54) is 4.90 Å². The molecular formula is C18H12N2O2S. The van der Waals surface area contributed by atoms with E-state index in [9.17, 15) is 4.79 Å². The van der Waals surface area contributed by atoms with Crippen LogP contribution in [0.25, 0.3) is 16.8 Å². The van der Waals surface area contributed by atoms with E-state index in [4.69, 9.17) is 9.83 Å². The summed E-state index contributed by atoms with van der Waals surface area (Å²) in [6.07, 6.45) is 3.23. The van der Waals surface area contributed by atoms with Gasteiger partial charge in [0.25, 0.3) is 5.91 Å². The lowest BCUT2D eigenvalue weighted by molar-refractivity contribution is -0.113. The van der Waals surface area contributed by atoms with Crippen LogP contribution in [0, 0.1) is 5.41 Å². The quantitative estimate of drug-likeness (QED) is 0.708. The van der Waals surface area contributed by atoms with Gasteiger partial charge >= 0.3 is 0 Å². The zero-order valence-corrected chi connectivity index (χ0v) is 12.8. The number of furan rings is 1. The fourth-order valence-electron chi connectivity index (χ4n) is 2.61. The Balaban J connectivity index is 1.80. The van der Waals surface area contributed by atoms with Crippen molar-refractivity contribution in [1.82, 2.24) is 0 Å². The Morgan fingerprint density at radius 2 is 1.87 bits per heavy atom. The number of fused-ring (bicyclic) bond motifs is 1. The van der Waals surface area contributed by atoms with E-state index in [1.807, 2.05) is 42.5 Å². The number of rotatable bonds is 2. The van der Waals surface area contributed by atoms with Crippen molar-refractivity contribution in [3.8, 4) is 0 Å². The maximum absolute atomic E-state index is 12.7. The Bertz CT molecular complexity index is 939. The fraction of sp³-hybridized carbons (Fsp3) is 0. The first kappa shape index (κ1) is 13.8. The minimum absolute atomic E-state index is 0.198. The van der Waals surface area contributed by atoms with Crippen LogP contribution in [0.2, 0.25) is 0 Å². The first-order chi connectivity index (χ1) is 11.2. The van der Waals surface area contributed by atoms with Crippen molar-refractivity contribution >= 4 is 45.4 Å². The highest BCUT2D eigenvalue weighted by molar-refractivity contribution is 8.19. The van der Waals surface area contributed by atoms with Gasteiger partial charge in [-0.3, -0.25) is 15.1 Å². The minimum atomic E-state index is -0.201. The average molecular weight is 320 g/mol. The second-order valence-corrected chi connectivity index (χ2v) is 6.10. The van der Waals surface area contributed by atoms with Gasteiger partial charge in [-0.05, 0) is 35.3 Å². The molecule has 0 aliphatic carbocycles. The Labute approximate surface area is 136 Å². The molecule has 5 heteroatoms. The molecule has 0 bridgehead atoms. The van der Waals surface area contributed by atoms with Crippen LogP contribution >= 0.6 is 11.8 Å². The molecule has 4 nitrogen and oxygen atoms in total. The van der Waals surface area contributed by atoms with Gasteiger partial charge in [-0.25, -0.2) is 0 Å². The summed E-state index contributed by atoms with van der Waals surface area (Å²) < 4.78 is 5.26. The zero-order chi connectivity index (χ0) is 15.8. The van der Waals surface area contributed by atoms with Gasteiger partial charge in [0.1, 0.15) is 5.76 Å². The molecule has 0 atom stereocenters. The summed E-state index contributed by atoms with van der Waals surface area (Å²) in [5.41, 5.74) is 0.730. The Morgan fingerprint density at radius 3 is 2.70 bits per heavy atom. The van der Waals surface area contributed by atoms with E-state index in [-0.39, 0.29) is 11.1 Å². The monoisotopic (exact) mass is 320 g/mol. The van der Waals surface area contributed by atoms with Crippen LogP contribution in [0.5, 0.6) is 0 Å². The number of carbonyl (C=O) groups excluding carboxylic acids is 1. The van der Waals surface area contributed by atoms with Crippen molar-refractivity contribution in [3.63, 3.8) is 0 Å². The highest BCUT2D eigenvalue weighted by atomic mass is 32.2. The second-order valence-electron chi connectivity index (χ2n) is 5.07. The van der Waals surface area contributed by atoms with Crippen LogP contribution in [-0.2, 0) is 4.79 Å².